The SMILES string of the molecule is COc1ccc(S(=O)(=O)N2CCN([C@@H](C)C(=O)N[C@H](C)c3ccc(F)cc3)CC2)cc1OC. The summed E-state index contributed by atoms with van der Waals surface area (Å²) in [5.41, 5.74) is 0.808. The van der Waals surface area contributed by atoms with Gasteiger partial charge in [-0.3, -0.25) is 9.69 Å². The summed E-state index contributed by atoms with van der Waals surface area (Å²) in [5.74, 6) is 0.309. The van der Waals surface area contributed by atoms with Crippen LogP contribution in [0.4, 0.5) is 4.39 Å². The zero-order valence-electron chi connectivity index (χ0n) is 19.2. The van der Waals surface area contributed by atoms with Crippen molar-refractivity contribution in [2.75, 3.05) is 40.4 Å². The second-order valence-corrected chi connectivity index (χ2v) is 9.85. The molecule has 0 aromatic heterocycles. The minimum Gasteiger partial charge on any atom is -0.493 e. The van der Waals surface area contributed by atoms with Gasteiger partial charge in [0.25, 0.3) is 0 Å². The molecule has 3 rings (SSSR count). The Hall–Kier alpha value is -2.69. The molecule has 180 valence electrons. The first-order valence-corrected chi connectivity index (χ1v) is 12.1. The minimum absolute atomic E-state index is 0.132. The van der Waals surface area contributed by atoms with Gasteiger partial charge in [-0.15, -0.1) is 0 Å². The lowest BCUT2D eigenvalue weighted by atomic mass is 10.1. The molecule has 1 heterocycles. The molecule has 1 aliphatic heterocycles. The first-order valence-electron chi connectivity index (χ1n) is 10.7. The van der Waals surface area contributed by atoms with Gasteiger partial charge in [0.05, 0.1) is 31.2 Å². The van der Waals surface area contributed by atoms with Crippen LogP contribution in [0.3, 0.4) is 0 Å². The molecule has 1 amide bonds. The summed E-state index contributed by atoms with van der Waals surface area (Å²) in [5, 5.41) is 2.94. The van der Waals surface area contributed by atoms with Gasteiger partial charge < -0.3 is 14.8 Å². The minimum atomic E-state index is -3.71. The molecule has 2 aromatic carbocycles. The van der Waals surface area contributed by atoms with Crippen molar-refractivity contribution >= 4 is 15.9 Å². The van der Waals surface area contributed by atoms with E-state index in [1.165, 1.54) is 42.8 Å². The van der Waals surface area contributed by atoms with Crippen LogP contribution in [0.5, 0.6) is 11.5 Å². The van der Waals surface area contributed by atoms with Crippen molar-refractivity contribution < 1.29 is 27.1 Å². The summed E-state index contributed by atoms with van der Waals surface area (Å²) in [6.45, 7) is 5.01. The molecule has 1 saturated heterocycles. The van der Waals surface area contributed by atoms with Crippen molar-refractivity contribution in [2.45, 2.75) is 30.8 Å². The van der Waals surface area contributed by atoms with Gasteiger partial charge in [-0.1, -0.05) is 12.1 Å². The van der Waals surface area contributed by atoms with Crippen LogP contribution in [-0.2, 0) is 14.8 Å². The quantitative estimate of drug-likeness (QED) is 0.626. The topological polar surface area (TPSA) is 88.2 Å². The maximum absolute atomic E-state index is 13.1. The van der Waals surface area contributed by atoms with E-state index < -0.39 is 16.1 Å². The Kier molecular flexibility index (Phi) is 7.93. The number of nitrogens with one attached hydrogen (secondary N) is 1. The molecular formula is C23H30FN3O5S. The predicted molar refractivity (Wildman–Crippen MR) is 122 cm³/mol. The van der Waals surface area contributed by atoms with Gasteiger partial charge in [-0.25, -0.2) is 12.8 Å². The average molecular weight is 480 g/mol. The molecule has 0 spiro atoms. The first kappa shape index (κ1) is 24.9. The van der Waals surface area contributed by atoms with E-state index >= 15 is 0 Å². The highest BCUT2D eigenvalue weighted by Crippen LogP contribution is 2.31. The molecule has 0 radical (unpaired) electrons. The normalized spacial score (nSPS) is 17.2. The summed E-state index contributed by atoms with van der Waals surface area (Å²) >= 11 is 0. The van der Waals surface area contributed by atoms with Crippen molar-refractivity contribution in [3.05, 3.63) is 53.8 Å². The molecular weight excluding hydrogens is 449 g/mol. The number of hydrogen-bond acceptors (Lipinski definition) is 6. The van der Waals surface area contributed by atoms with Crippen LogP contribution in [0.2, 0.25) is 0 Å². The Morgan fingerprint density at radius 1 is 0.970 bits per heavy atom. The number of halogens is 1. The summed E-state index contributed by atoms with van der Waals surface area (Å²) in [7, 11) is -0.764. The molecule has 1 N–H and O–H groups in total. The third-order valence-corrected chi connectivity index (χ3v) is 7.82. The second-order valence-electron chi connectivity index (χ2n) is 7.91. The smallest absolute Gasteiger partial charge is 0.243 e. The fourth-order valence-electron chi connectivity index (χ4n) is 3.79. The molecule has 8 nitrogen and oxygen atoms in total. The average Bonchev–Trinajstić information content (AvgIpc) is 2.83. The first-order chi connectivity index (χ1) is 15.7. The van der Waals surface area contributed by atoms with E-state index in [-0.39, 0.29) is 35.8 Å². The highest BCUT2D eigenvalue weighted by Gasteiger charge is 2.32. The van der Waals surface area contributed by atoms with Gasteiger partial charge in [-0.2, -0.15) is 4.31 Å². The molecule has 2 atom stereocenters. The summed E-state index contributed by atoms with van der Waals surface area (Å²) in [6, 6.07) is 9.82. The molecule has 1 aliphatic rings. The maximum Gasteiger partial charge on any atom is 0.243 e. The Bertz CT molecular complexity index is 1070. The van der Waals surface area contributed by atoms with Crippen molar-refractivity contribution in [3.8, 4) is 11.5 Å². The van der Waals surface area contributed by atoms with Crippen LogP contribution < -0.4 is 14.8 Å². The lowest BCUT2D eigenvalue weighted by molar-refractivity contribution is -0.127. The van der Waals surface area contributed by atoms with E-state index in [0.29, 0.717) is 24.6 Å². The van der Waals surface area contributed by atoms with Crippen molar-refractivity contribution in [1.82, 2.24) is 14.5 Å². The van der Waals surface area contributed by atoms with Crippen LogP contribution in [0, 0.1) is 5.82 Å². The number of carbonyl (C=O) groups excluding carboxylic acids is 1. The zero-order chi connectivity index (χ0) is 24.2. The number of hydrogen-bond donors (Lipinski definition) is 1. The highest BCUT2D eigenvalue weighted by molar-refractivity contribution is 7.89. The van der Waals surface area contributed by atoms with E-state index in [2.05, 4.69) is 5.32 Å². The third-order valence-electron chi connectivity index (χ3n) is 5.92. The largest absolute Gasteiger partial charge is 0.493 e. The van der Waals surface area contributed by atoms with Gasteiger partial charge in [-0.05, 0) is 43.7 Å². The van der Waals surface area contributed by atoms with Gasteiger partial charge in [0.1, 0.15) is 5.82 Å². The number of sulfonamides is 1. The lowest BCUT2D eigenvalue weighted by Crippen LogP contribution is -2.55. The van der Waals surface area contributed by atoms with E-state index in [1.54, 1.807) is 25.1 Å². The number of piperazine rings is 1. The van der Waals surface area contributed by atoms with Crippen molar-refractivity contribution in [3.63, 3.8) is 0 Å². The lowest BCUT2D eigenvalue weighted by Gasteiger charge is -2.37. The molecule has 0 bridgehead atoms. The van der Waals surface area contributed by atoms with Crippen LogP contribution in [-0.4, -0.2) is 70.0 Å². The van der Waals surface area contributed by atoms with E-state index in [4.69, 9.17) is 9.47 Å². The van der Waals surface area contributed by atoms with Gasteiger partial charge in [0.15, 0.2) is 11.5 Å². The number of carbonyl (C=O) groups is 1. The van der Waals surface area contributed by atoms with Crippen LogP contribution >= 0.6 is 0 Å². The number of methoxy groups -OCH3 is 2. The molecule has 0 saturated carbocycles. The van der Waals surface area contributed by atoms with Crippen molar-refractivity contribution in [2.24, 2.45) is 0 Å². The van der Waals surface area contributed by atoms with E-state index in [9.17, 15) is 17.6 Å². The molecule has 1 fully saturated rings. The number of ether oxygens (including phenoxy) is 2. The summed E-state index contributed by atoms with van der Waals surface area (Å²) < 4.78 is 51.1. The Balaban J connectivity index is 1.60. The van der Waals surface area contributed by atoms with Crippen LogP contribution in [0.1, 0.15) is 25.5 Å². The Morgan fingerprint density at radius 3 is 2.15 bits per heavy atom. The third kappa shape index (κ3) is 5.63. The monoisotopic (exact) mass is 479 g/mol. The number of rotatable bonds is 8. The molecule has 2 aromatic rings. The van der Waals surface area contributed by atoms with Crippen molar-refractivity contribution in [1.29, 1.82) is 0 Å². The summed E-state index contributed by atoms with van der Waals surface area (Å²) in [6.07, 6.45) is 0. The fourth-order valence-corrected chi connectivity index (χ4v) is 5.23. The summed E-state index contributed by atoms with van der Waals surface area (Å²) in [4.78, 5) is 14.8. The molecule has 10 heteroatoms. The second kappa shape index (κ2) is 10.5. The van der Waals surface area contributed by atoms with Gasteiger partial charge >= 0.3 is 0 Å². The number of amides is 1. The number of benzene rings is 2. The van der Waals surface area contributed by atoms with Crippen LogP contribution in [0.15, 0.2) is 47.4 Å². The van der Waals surface area contributed by atoms with E-state index in [1.807, 2.05) is 11.8 Å². The van der Waals surface area contributed by atoms with Crippen LogP contribution in [0.25, 0.3) is 0 Å². The van der Waals surface area contributed by atoms with E-state index in [0.717, 1.165) is 5.56 Å². The molecule has 0 unspecified atom stereocenters. The Morgan fingerprint density at radius 2 is 1.58 bits per heavy atom. The molecule has 33 heavy (non-hydrogen) atoms. The highest BCUT2D eigenvalue weighted by atomic mass is 32.2. The number of nitrogens with zero attached hydrogens (tertiary/aromatic N) is 2. The van der Waals surface area contributed by atoms with Gasteiger partial charge in [0, 0.05) is 32.2 Å². The molecule has 0 aliphatic carbocycles. The predicted octanol–water partition coefficient (Wildman–Crippen LogP) is 2.42. The Labute approximate surface area is 194 Å². The fraction of sp³-hybridized carbons (Fsp3) is 0.435. The van der Waals surface area contributed by atoms with Gasteiger partial charge in [0.2, 0.25) is 15.9 Å². The zero-order valence-corrected chi connectivity index (χ0v) is 20.1. The maximum atomic E-state index is 13.1. The standard InChI is InChI=1S/C23H30FN3O5S/c1-16(18-5-7-19(24)8-6-18)25-23(28)17(2)26-11-13-27(14-12-26)33(29,30)20-9-10-21(31-3)22(15-20)32-4/h5-10,15-17H,11-14H2,1-4H3,(H,25,28)/t16-,17+/m1/s1.